The molecule has 142 valence electrons. The van der Waals surface area contributed by atoms with Gasteiger partial charge in [-0.05, 0) is 26.2 Å². The number of anilines is 3. The minimum Gasteiger partial charge on any atom is -0.372 e. The van der Waals surface area contributed by atoms with Gasteiger partial charge in [0.25, 0.3) is 0 Å². The van der Waals surface area contributed by atoms with Crippen LogP contribution in [0.4, 0.5) is 30.6 Å². The van der Waals surface area contributed by atoms with E-state index < -0.39 is 17.2 Å². The molecule has 0 bridgehead atoms. The summed E-state index contributed by atoms with van der Waals surface area (Å²) in [5, 5.41) is 19.3. The number of nitriles is 1. The first-order valence-electron chi connectivity index (χ1n) is 8.64. The minimum absolute atomic E-state index is 0.0111. The average Bonchev–Trinajstić information content (AvgIpc) is 3.54. The zero-order chi connectivity index (χ0) is 19.4. The van der Waals surface area contributed by atoms with Crippen LogP contribution in [0.25, 0.3) is 0 Å². The molecule has 2 atom stereocenters. The number of nitrogens with one attached hydrogen (secondary N) is 2. The lowest BCUT2D eigenvalue weighted by Gasteiger charge is -2.12. The van der Waals surface area contributed by atoms with E-state index in [1.165, 1.54) is 7.05 Å². The van der Waals surface area contributed by atoms with Crippen LogP contribution in [0.15, 0.2) is 12.4 Å². The molecular formula is C17H18F3N7. The molecule has 2 aromatic rings. The van der Waals surface area contributed by atoms with Crippen LogP contribution in [0.2, 0.25) is 0 Å². The van der Waals surface area contributed by atoms with E-state index in [9.17, 15) is 18.4 Å². The van der Waals surface area contributed by atoms with Gasteiger partial charge in [-0.25, -0.2) is 4.98 Å². The van der Waals surface area contributed by atoms with E-state index in [4.69, 9.17) is 0 Å². The molecule has 10 heteroatoms. The lowest BCUT2D eigenvalue weighted by molar-refractivity contribution is -0.137. The zero-order valence-electron chi connectivity index (χ0n) is 14.8. The predicted octanol–water partition coefficient (Wildman–Crippen LogP) is 3.83. The van der Waals surface area contributed by atoms with Crippen LogP contribution in [0, 0.1) is 16.7 Å². The fourth-order valence-electron chi connectivity index (χ4n) is 3.13. The number of nitrogens with zero attached hydrogens (tertiary/aromatic N) is 5. The first-order valence-corrected chi connectivity index (χ1v) is 8.64. The topological polar surface area (TPSA) is 91.5 Å². The van der Waals surface area contributed by atoms with Crippen molar-refractivity contribution in [2.24, 2.45) is 5.41 Å². The zero-order valence-corrected chi connectivity index (χ0v) is 14.8. The highest BCUT2D eigenvalue weighted by atomic mass is 19.4. The Labute approximate surface area is 153 Å². The van der Waals surface area contributed by atoms with Crippen LogP contribution in [-0.4, -0.2) is 26.8 Å². The van der Waals surface area contributed by atoms with E-state index in [-0.39, 0.29) is 17.8 Å². The highest BCUT2D eigenvalue weighted by molar-refractivity contribution is 5.59. The molecule has 2 aliphatic carbocycles. The first-order chi connectivity index (χ1) is 12.7. The van der Waals surface area contributed by atoms with Gasteiger partial charge >= 0.3 is 6.18 Å². The number of hydrogen-bond acceptors (Lipinski definition) is 6. The van der Waals surface area contributed by atoms with Crippen molar-refractivity contribution < 1.29 is 13.2 Å². The van der Waals surface area contributed by atoms with Gasteiger partial charge in [0.1, 0.15) is 11.4 Å². The van der Waals surface area contributed by atoms with Crippen molar-refractivity contribution in [1.29, 1.82) is 5.26 Å². The summed E-state index contributed by atoms with van der Waals surface area (Å²) in [5.74, 6) is 0.0892. The van der Waals surface area contributed by atoms with Gasteiger partial charge in [0, 0.05) is 25.4 Å². The molecule has 7 nitrogen and oxygen atoms in total. The predicted molar refractivity (Wildman–Crippen MR) is 91.4 cm³/mol. The van der Waals surface area contributed by atoms with Crippen LogP contribution >= 0.6 is 0 Å². The Morgan fingerprint density at radius 1 is 1.37 bits per heavy atom. The molecular weight excluding hydrogens is 359 g/mol. The van der Waals surface area contributed by atoms with E-state index in [1.54, 1.807) is 10.9 Å². The molecule has 1 unspecified atom stereocenters. The van der Waals surface area contributed by atoms with E-state index >= 15 is 0 Å². The van der Waals surface area contributed by atoms with Crippen LogP contribution in [-0.2, 0) is 6.18 Å². The number of hydrogen-bond donors (Lipinski definition) is 2. The largest absolute Gasteiger partial charge is 0.421 e. The third-order valence-corrected chi connectivity index (χ3v) is 5.07. The molecule has 0 spiro atoms. The van der Waals surface area contributed by atoms with Gasteiger partial charge in [0.15, 0.2) is 0 Å². The summed E-state index contributed by atoms with van der Waals surface area (Å²) in [4.78, 5) is 7.76. The van der Waals surface area contributed by atoms with Gasteiger partial charge in [-0.1, -0.05) is 0 Å². The smallest absolute Gasteiger partial charge is 0.372 e. The standard InChI is InChI=1S/C17H18F3N7/c1-16(8-21)5-12(16)27-7-11(13(26-27)9-3-4-9)24-15-23-6-10(17(18,19)20)14(22-2)25-15/h6-7,9,12H,3-5H2,1-2H3,(H2,22,23,24,25)/t12?,16-/m1/s1. The van der Waals surface area contributed by atoms with Crippen LogP contribution in [0.3, 0.4) is 0 Å². The Bertz CT molecular complexity index is 926. The molecule has 27 heavy (non-hydrogen) atoms. The van der Waals surface area contributed by atoms with Crippen molar-refractivity contribution in [3.63, 3.8) is 0 Å². The monoisotopic (exact) mass is 377 g/mol. The Balaban J connectivity index is 1.63. The maximum atomic E-state index is 13.0. The molecule has 2 heterocycles. The normalized spacial score (nSPS) is 24.4. The second-order valence-corrected chi connectivity index (χ2v) is 7.26. The summed E-state index contributed by atoms with van der Waals surface area (Å²) < 4.78 is 40.8. The molecule has 0 amide bonds. The minimum atomic E-state index is -4.53. The third kappa shape index (κ3) is 3.18. The Kier molecular flexibility index (Phi) is 3.80. The summed E-state index contributed by atoms with van der Waals surface area (Å²) >= 11 is 0. The van der Waals surface area contributed by atoms with Crippen LogP contribution in [0.5, 0.6) is 0 Å². The SMILES string of the molecule is CNc1nc(Nc2cn(C3C[C@]3(C)C#N)nc2C2CC2)ncc1C(F)(F)F. The average molecular weight is 377 g/mol. The molecule has 0 aliphatic heterocycles. The molecule has 0 saturated heterocycles. The molecule has 0 radical (unpaired) electrons. The first kappa shape index (κ1) is 17.6. The molecule has 2 fully saturated rings. The van der Waals surface area contributed by atoms with Gasteiger partial charge in [0.05, 0.1) is 28.9 Å². The van der Waals surface area contributed by atoms with Gasteiger partial charge in [0.2, 0.25) is 5.95 Å². The van der Waals surface area contributed by atoms with E-state index in [0.29, 0.717) is 11.6 Å². The molecule has 2 saturated carbocycles. The van der Waals surface area contributed by atoms with Crippen molar-refractivity contribution in [2.45, 2.75) is 44.3 Å². The molecule has 2 N–H and O–H groups in total. The highest BCUT2D eigenvalue weighted by Gasteiger charge is 2.53. The fraction of sp³-hybridized carbons (Fsp3) is 0.529. The maximum absolute atomic E-state index is 13.0. The highest BCUT2D eigenvalue weighted by Crippen LogP contribution is 2.56. The van der Waals surface area contributed by atoms with Gasteiger partial charge in [-0.15, -0.1) is 0 Å². The Hall–Kier alpha value is -2.83. The van der Waals surface area contributed by atoms with Gasteiger partial charge in [-0.2, -0.15) is 28.5 Å². The lowest BCUT2D eigenvalue weighted by atomic mass is 10.2. The summed E-state index contributed by atoms with van der Waals surface area (Å²) in [7, 11) is 1.38. The van der Waals surface area contributed by atoms with Crippen LogP contribution < -0.4 is 10.6 Å². The molecule has 2 aliphatic rings. The molecule has 4 rings (SSSR count). The third-order valence-electron chi connectivity index (χ3n) is 5.07. The summed E-state index contributed by atoms with van der Waals surface area (Å²) in [6, 6.07) is 2.31. The summed E-state index contributed by atoms with van der Waals surface area (Å²) in [5.41, 5.74) is 0.175. The number of aromatic nitrogens is 4. The second-order valence-electron chi connectivity index (χ2n) is 7.26. The number of halogens is 3. The van der Waals surface area contributed by atoms with Crippen molar-refractivity contribution >= 4 is 17.5 Å². The van der Waals surface area contributed by atoms with Crippen LogP contribution in [0.1, 0.15) is 49.4 Å². The molecule has 2 aromatic heterocycles. The second kappa shape index (κ2) is 5.84. The maximum Gasteiger partial charge on any atom is 0.421 e. The van der Waals surface area contributed by atoms with E-state index in [0.717, 1.165) is 31.2 Å². The van der Waals surface area contributed by atoms with Crippen molar-refractivity contribution in [3.05, 3.63) is 23.7 Å². The van der Waals surface area contributed by atoms with E-state index in [1.807, 2.05) is 6.92 Å². The fourth-order valence-corrected chi connectivity index (χ4v) is 3.13. The summed E-state index contributed by atoms with van der Waals surface area (Å²) in [6.07, 6.45) is 0.782. The van der Waals surface area contributed by atoms with E-state index in [2.05, 4.69) is 31.8 Å². The van der Waals surface area contributed by atoms with Crippen molar-refractivity contribution in [1.82, 2.24) is 19.7 Å². The van der Waals surface area contributed by atoms with Crippen molar-refractivity contribution in [3.8, 4) is 6.07 Å². The number of rotatable bonds is 5. The lowest BCUT2D eigenvalue weighted by Crippen LogP contribution is -2.12. The summed E-state index contributed by atoms with van der Waals surface area (Å²) in [6.45, 7) is 1.89. The molecule has 0 aromatic carbocycles. The van der Waals surface area contributed by atoms with Gasteiger partial charge in [-0.3, -0.25) is 4.68 Å². The quantitative estimate of drug-likeness (QED) is 0.823. The Morgan fingerprint density at radius 2 is 2.11 bits per heavy atom. The Morgan fingerprint density at radius 3 is 2.67 bits per heavy atom. The number of alkyl halides is 3. The van der Waals surface area contributed by atoms with Gasteiger partial charge < -0.3 is 10.6 Å². The van der Waals surface area contributed by atoms with Crippen molar-refractivity contribution in [2.75, 3.05) is 17.7 Å².